The number of carbonyl (C=O) groups is 2. The average molecular weight is 445 g/mol. The minimum atomic E-state index is -0.660. The highest BCUT2D eigenvalue weighted by molar-refractivity contribution is 7.18. The first-order chi connectivity index (χ1) is 14.4. The Labute approximate surface area is 184 Å². The van der Waals surface area contributed by atoms with Crippen molar-refractivity contribution in [2.75, 3.05) is 12.4 Å². The second-order valence-corrected chi connectivity index (χ2v) is 9.26. The largest absolute Gasteiger partial charge is 0.466 e. The van der Waals surface area contributed by atoms with Crippen molar-refractivity contribution in [1.29, 1.82) is 0 Å². The summed E-state index contributed by atoms with van der Waals surface area (Å²) in [6.07, 6.45) is 0. The van der Waals surface area contributed by atoms with Crippen LogP contribution in [0.3, 0.4) is 0 Å². The van der Waals surface area contributed by atoms with E-state index in [1.807, 2.05) is 0 Å². The molecule has 0 radical (unpaired) electrons. The summed E-state index contributed by atoms with van der Waals surface area (Å²) in [5, 5.41) is 15.2. The monoisotopic (exact) mass is 444 g/mol. The van der Waals surface area contributed by atoms with E-state index in [4.69, 9.17) is 9.47 Å². The van der Waals surface area contributed by atoms with E-state index < -0.39 is 28.4 Å². The number of nitro benzene ring substituents is 1. The summed E-state index contributed by atoms with van der Waals surface area (Å²) < 4.78 is 10.6. The van der Waals surface area contributed by atoms with Gasteiger partial charge in [-0.2, -0.15) is 0 Å². The maximum atomic E-state index is 12.8. The molecular weight excluding hydrogens is 420 g/mol. The van der Waals surface area contributed by atoms with Crippen molar-refractivity contribution in [3.05, 3.63) is 67.2 Å². The lowest BCUT2D eigenvalue weighted by Gasteiger charge is -2.28. The maximum absolute atomic E-state index is 12.8. The fourth-order valence-electron chi connectivity index (χ4n) is 3.62. The average Bonchev–Trinajstić information content (AvgIpc) is 3.01. The zero-order valence-electron chi connectivity index (χ0n) is 18.2. The number of benzene rings is 1. The van der Waals surface area contributed by atoms with Gasteiger partial charge >= 0.3 is 11.9 Å². The lowest BCUT2D eigenvalue weighted by molar-refractivity contribution is -0.384. The number of nitro groups is 1. The number of methoxy groups -OCH3 is 1. The third-order valence-electron chi connectivity index (χ3n) is 4.88. The molecule has 0 amide bonds. The predicted molar refractivity (Wildman–Crippen MR) is 118 cm³/mol. The summed E-state index contributed by atoms with van der Waals surface area (Å²) in [6, 6.07) is 6.15. The Morgan fingerprint density at radius 3 is 2.45 bits per heavy atom. The van der Waals surface area contributed by atoms with Crippen LogP contribution < -0.4 is 5.32 Å². The number of allylic oxidation sites excluding steroid dienone is 1. The molecule has 164 valence electrons. The van der Waals surface area contributed by atoms with Crippen molar-refractivity contribution in [2.45, 2.75) is 46.1 Å². The van der Waals surface area contributed by atoms with E-state index in [1.54, 1.807) is 46.8 Å². The number of hydrogen-bond acceptors (Lipinski definition) is 8. The highest BCUT2D eigenvalue weighted by atomic mass is 32.1. The summed E-state index contributed by atoms with van der Waals surface area (Å²) >= 11 is 1.24. The molecule has 3 rings (SSSR count). The van der Waals surface area contributed by atoms with Crippen LogP contribution in [0.4, 0.5) is 10.7 Å². The zero-order valence-corrected chi connectivity index (χ0v) is 19.0. The normalized spacial score (nSPS) is 15.7. The van der Waals surface area contributed by atoms with Crippen LogP contribution in [0.2, 0.25) is 0 Å². The van der Waals surface area contributed by atoms with Gasteiger partial charge in [-0.1, -0.05) is 12.1 Å². The molecule has 1 aromatic carbocycles. The fourth-order valence-corrected chi connectivity index (χ4v) is 4.79. The summed E-state index contributed by atoms with van der Waals surface area (Å²) in [4.78, 5) is 36.8. The molecule has 1 atom stereocenters. The SMILES string of the molecule is COC(=O)C1=C(C)Nc2sc(C(=O)OC(C)(C)C)c(C)c2C1c1cccc([N+](=O)[O-])c1. The minimum Gasteiger partial charge on any atom is -0.466 e. The van der Waals surface area contributed by atoms with Gasteiger partial charge in [0.15, 0.2) is 0 Å². The zero-order chi connectivity index (χ0) is 23.1. The Kier molecular flexibility index (Phi) is 5.91. The van der Waals surface area contributed by atoms with E-state index in [9.17, 15) is 19.7 Å². The van der Waals surface area contributed by atoms with Crippen LogP contribution in [0.15, 0.2) is 35.5 Å². The standard InChI is InChI=1S/C22H24N2O6S/c1-11-15-17(13-8-7-9-14(10-13)24(27)28)16(20(25)29-6)12(2)23-19(15)31-18(11)21(26)30-22(3,4)5/h7-10,17,23H,1-6H3. The van der Waals surface area contributed by atoms with Crippen molar-refractivity contribution in [3.63, 3.8) is 0 Å². The second kappa shape index (κ2) is 8.14. The molecule has 1 aliphatic rings. The Bertz CT molecular complexity index is 1110. The molecule has 0 aliphatic carbocycles. The number of nitrogens with one attached hydrogen (secondary N) is 1. The van der Waals surface area contributed by atoms with Gasteiger partial charge in [0, 0.05) is 29.3 Å². The molecule has 31 heavy (non-hydrogen) atoms. The van der Waals surface area contributed by atoms with Gasteiger partial charge in [-0.15, -0.1) is 11.3 Å². The van der Waals surface area contributed by atoms with Crippen LogP contribution in [0.5, 0.6) is 0 Å². The number of ether oxygens (including phenoxy) is 2. The molecule has 0 bridgehead atoms. The van der Waals surface area contributed by atoms with E-state index in [0.29, 0.717) is 37.8 Å². The van der Waals surface area contributed by atoms with Gasteiger partial charge in [0.05, 0.1) is 22.6 Å². The van der Waals surface area contributed by atoms with Gasteiger partial charge in [-0.05, 0) is 45.7 Å². The number of nitrogens with zero attached hydrogens (tertiary/aromatic N) is 1. The van der Waals surface area contributed by atoms with Crippen molar-refractivity contribution in [1.82, 2.24) is 0 Å². The Balaban J connectivity index is 2.22. The number of hydrogen-bond donors (Lipinski definition) is 1. The van der Waals surface area contributed by atoms with Crippen LogP contribution in [-0.4, -0.2) is 29.6 Å². The summed E-state index contributed by atoms with van der Waals surface area (Å²) in [5.74, 6) is -1.63. The minimum absolute atomic E-state index is 0.0836. The van der Waals surface area contributed by atoms with E-state index in [0.717, 1.165) is 0 Å². The van der Waals surface area contributed by atoms with Crippen LogP contribution in [0, 0.1) is 17.0 Å². The van der Waals surface area contributed by atoms with Gasteiger partial charge < -0.3 is 14.8 Å². The topological polar surface area (TPSA) is 108 Å². The van der Waals surface area contributed by atoms with E-state index in [2.05, 4.69) is 5.32 Å². The van der Waals surface area contributed by atoms with Gasteiger partial charge in [-0.25, -0.2) is 9.59 Å². The van der Waals surface area contributed by atoms with Crippen molar-refractivity contribution in [2.24, 2.45) is 0 Å². The highest BCUT2D eigenvalue weighted by Crippen LogP contribution is 2.49. The molecule has 0 saturated heterocycles. The molecule has 1 aliphatic heterocycles. The molecular formula is C22H24N2O6S. The maximum Gasteiger partial charge on any atom is 0.349 e. The Morgan fingerprint density at radius 1 is 1.19 bits per heavy atom. The number of non-ortho nitro benzene ring substituents is 1. The van der Waals surface area contributed by atoms with Gasteiger partial charge in [-0.3, -0.25) is 10.1 Å². The van der Waals surface area contributed by atoms with Crippen molar-refractivity contribution in [3.8, 4) is 0 Å². The van der Waals surface area contributed by atoms with Crippen LogP contribution in [0.1, 0.15) is 60.0 Å². The number of rotatable bonds is 4. The van der Waals surface area contributed by atoms with E-state index in [-0.39, 0.29) is 5.69 Å². The number of fused-ring (bicyclic) bond motifs is 1. The number of carbonyl (C=O) groups excluding carboxylic acids is 2. The molecule has 8 nitrogen and oxygen atoms in total. The smallest absolute Gasteiger partial charge is 0.349 e. The quantitative estimate of drug-likeness (QED) is 0.405. The third kappa shape index (κ3) is 4.32. The lowest BCUT2D eigenvalue weighted by Crippen LogP contribution is -2.24. The predicted octanol–water partition coefficient (Wildman–Crippen LogP) is 4.92. The van der Waals surface area contributed by atoms with Crippen molar-refractivity contribution >= 4 is 34.0 Å². The number of thiophene rings is 1. The molecule has 1 unspecified atom stereocenters. The van der Waals surface area contributed by atoms with Crippen LogP contribution >= 0.6 is 11.3 Å². The highest BCUT2D eigenvalue weighted by Gasteiger charge is 2.38. The van der Waals surface area contributed by atoms with Crippen molar-refractivity contribution < 1.29 is 24.0 Å². The molecule has 2 aromatic rings. The third-order valence-corrected chi connectivity index (χ3v) is 6.08. The summed E-state index contributed by atoms with van der Waals surface area (Å²) in [6.45, 7) is 8.90. The lowest BCUT2D eigenvalue weighted by atomic mass is 9.80. The molecule has 1 N–H and O–H groups in total. The van der Waals surface area contributed by atoms with E-state index in [1.165, 1.54) is 30.6 Å². The van der Waals surface area contributed by atoms with Crippen LogP contribution in [0.25, 0.3) is 0 Å². The second-order valence-electron chi connectivity index (χ2n) is 8.24. The molecule has 0 spiro atoms. The first-order valence-corrected chi connectivity index (χ1v) is 10.4. The van der Waals surface area contributed by atoms with Crippen LogP contribution in [-0.2, 0) is 14.3 Å². The molecule has 0 saturated carbocycles. The van der Waals surface area contributed by atoms with Gasteiger partial charge in [0.1, 0.15) is 10.5 Å². The summed E-state index contributed by atoms with van der Waals surface area (Å²) in [7, 11) is 1.29. The molecule has 9 heteroatoms. The van der Waals surface area contributed by atoms with Gasteiger partial charge in [0.25, 0.3) is 5.69 Å². The molecule has 1 aromatic heterocycles. The Morgan fingerprint density at radius 2 is 1.87 bits per heavy atom. The number of anilines is 1. The van der Waals surface area contributed by atoms with Gasteiger partial charge in [0.2, 0.25) is 0 Å². The van der Waals surface area contributed by atoms with E-state index >= 15 is 0 Å². The molecule has 2 heterocycles. The first-order valence-electron chi connectivity index (χ1n) is 9.61. The molecule has 0 fully saturated rings. The fraction of sp³-hybridized carbons (Fsp3) is 0.364. The number of esters is 2. The Hall–Kier alpha value is -3.20. The first kappa shape index (κ1) is 22.5. The summed E-state index contributed by atoms with van der Waals surface area (Å²) in [5.41, 5.74) is 2.09.